The van der Waals surface area contributed by atoms with Gasteiger partial charge in [0.1, 0.15) is 0 Å². The Morgan fingerprint density at radius 3 is 2.65 bits per heavy atom. The lowest BCUT2D eigenvalue weighted by Crippen LogP contribution is -2.18. The van der Waals surface area contributed by atoms with Crippen molar-refractivity contribution in [1.29, 1.82) is 0 Å². The monoisotopic (exact) mass is 368 g/mol. The Kier molecular flexibility index (Phi) is 5.23. The number of carbonyl (C=O) groups excluding carboxylic acids is 2. The molecule has 26 heavy (non-hydrogen) atoms. The third-order valence-electron chi connectivity index (χ3n) is 3.97. The van der Waals surface area contributed by atoms with Crippen LogP contribution >= 0.6 is 11.3 Å². The Morgan fingerprint density at radius 2 is 1.96 bits per heavy atom. The molecule has 0 radical (unpaired) electrons. The molecule has 6 heteroatoms. The molecule has 1 heterocycles. The highest BCUT2D eigenvalue weighted by Gasteiger charge is 2.20. The highest BCUT2D eigenvalue weighted by atomic mass is 32.1. The van der Waals surface area contributed by atoms with Gasteiger partial charge in [-0.15, -0.1) is 11.3 Å². The van der Waals surface area contributed by atoms with Gasteiger partial charge in [0, 0.05) is 4.70 Å². The molecule has 2 amide bonds. The van der Waals surface area contributed by atoms with Crippen LogP contribution in [-0.2, 0) is 0 Å². The van der Waals surface area contributed by atoms with Crippen molar-refractivity contribution in [2.75, 3.05) is 11.9 Å². The number of rotatable bonds is 6. The Morgan fingerprint density at radius 1 is 1.19 bits per heavy atom. The number of primary amides is 1. The molecule has 5 nitrogen and oxygen atoms in total. The molecule has 134 valence electrons. The second-order valence-corrected chi connectivity index (χ2v) is 7.03. The number of benzene rings is 2. The first kappa shape index (κ1) is 17.9. The number of nitrogens with one attached hydrogen (secondary N) is 1. The average Bonchev–Trinajstić information content (AvgIpc) is 3.06. The number of thiophene rings is 1. The van der Waals surface area contributed by atoms with Crippen molar-refractivity contribution in [3.8, 4) is 5.75 Å². The summed E-state index contributed by atoms with van der Waals surface area (Å²) in [4.78, 5) is 25.1. The number of hydrogen-bond donors (Lipinski definition) is 2. The van der Waals surface area contributed by atoms with E-state index in [1.54, 1.807) is 12.1 Å². The molecule has 0 aliphatic carbocycles. The molecule has 3 rings (SSSR count). The van der Waals surface area contributed by atoms with Crippen molar-refractivity contribution in [1.82, 2.24) is 0 Å². The van der Waals surface area contributed by atoms with E-state index in [9.17, 15) is 9.59 Å². The first-order valence-corrected chi connectivity index (χ1v) is 9.19. The van der Waals surface area contributed by atoms with E-state index in [1.165, 1.54) is 11.3 Å². The first-order chi connectivity index (χ1) is 12.5. The fourth-order valence-corrected chi connectivity index (χ4v) is 3.61. The zero-order chi connectivity index (χ0) is 18.7. The minimum Gasteiger partial charge on any atom is -0.491 e. The molecule has 0 atom stereocenters. The summed E-state index contributed by atoms with van der Waals surface area (Å²) < 4.78 is 6.79. The minimum atomic E-state index is -0.589. The molecular formula is C20H20N2O3S. The Labute approximate surface area is 155 Å². The van der Waals surface area contributed by atoms with Crippen molar-refractivity contribution in [2.24, 2.45) is 5.73 Å². The lowest BCUT2D eigenvalue weighted by atomic mass is 10.1. The number of ether oxygens (including phenoxy) is 1. The van der Waals surface area contributed by atoms with Crippen LogP contribution < -0.4 is 15.8 Å². The van der Waals surface area contributed by atoms with Gasteiger partial charge in [-0.1, -0.05) is 31.2 Å². The maximum atomic E-state index is 12.8. The molecule has 0 aliphatic heterocycles. The number of amides is 2. The molecule has 2 aromatic carbocycles. The zero-order valence-corrected chi connectivity index (χ0v) is 15.5. The molecule has 0 saturated carbocycles. The number of hydrogen-bond acceptors (Lipinski definition) is 4. The SMILES string of the molecule is CCCOc1c(C(N)=O)ccc(C)c1NC(=O)c1cc2ccccc2s1. The highest BCUT2D eigenvalue weighted by molar-refractivity contribution is 7.20. The van der Waals surface area contributed by atoms with Gasteiger partial charge < -0.3 is 15.8 Å². The molecule has 1 aromatic heterocycles. The summed E-state index contributed by atoms with van der Waals surface area (Å²) in [5.41, 5.74) is 7.01. The van der Waals surface area contributed by atoms with E-state index in [2.05, 4.69) is 5.32 Å². The summed E-state index contributed by atoms with van der Waals surface area (Å²) in [6.07, 6.45) is 0.774. The number of fused-ring (bicyclic) bond motifs is 1. The number of nitrogens with two attached hydrogens (primary N) is 1. The predicted octanol–water partition coefficient (Wildman–Crippen LogP) is 4.35. The molecule has 3 aromatic rings. The van der Waals surface area contributed by atoms with Crippen LogP contribution in [0.4, 0.5) is 5.69 Å². The van der Waals surface area contributed by atoms with Crippen LogP contribution in [0.15, 0.2) is 42.5 Å². The fraction of sp³-hybridized carbons (Fsp3) is 0.200. The van der Waals surface area contributed by atoms with Gasteiger partial charge in [0.15, 0.2) is 5.75 Å². The molecule has 3 N–H and O–H groups in total. The summed E-state index contributed by atoms with van der Waals surface area (Å²) in [5.74, 6) is -0.500. The van der Waals surface area contributed by atoms with E-state index in [1.807, 2.05) is 44.2 Å². The third kappa shape index (κ3) is 3.55. The molecule has 0 fully saturated rings. The summed E-state index contributed by atoms with van der Waals surface area (Å²) in [7, 11) is 0. The summed E-state index contributed by atoms with van der Waals surface area (Å²) in [5, 5.41) is 3.92. The van der Waals surface area contributed by atoms with Crippen LogP contribution in [0, 0.1) is 6.92 Å². The van der Waals surface area contributed by atoms with Crippen molar-refractivity contribution in [3.05, 3.63) is 58.5 Å². The quantitative estimate of drug-likeness (QED) is 0.679. The van der Waals surface area contributed by atoms with E-state index in [-0.39, 0.29) is 11.5 Å². The van der Waals surface area contributed by atoms with Gasteiger partial charge in [-0.2, -0.15) is 0 Å². The van der Waals surface area contributed by atoms with Crippen molar-refractivity contribution in [2.45, 2.75) is 20.3 Å². The van der Waals surface area contributed by atoms with Gasteiger partial charge in [-0.25, -0.2) is 0 Å². The van der Waals surface area contributed by atoms with Gasteiger partial charge in [0.2, 0.25) is 0 Å². The van der Waals surface area contributed by atoms with Crippen molar-refractivity contribution in [3.63, 3.8) is 0 Å². The summed E-state index contributed by atoms with van der Waals surface area (Å²) >= 11 is 1.42. The van der Waals surface area contributed by atoms with Gasteiger partial charge >= 0.3 is 0 Å². The van der Waals surface area contributed by atoms with Crippen LogP contribution in [0.5, 0.6) is 5.75 Å². The lowest BCUT2D eigenvalue weighted by Gasteiger charge is -2.17. The smallest absolute Gasteiger partial charge is 0.265 e. The van der Waals surface area contributed by atoms with E-state index in [0.29, 0.717) is 22.9 Å². The molecule has 0 bridgehead atoms. The summed E-state index contributed by atoms with van der Waals surface area (Å²) in [6, 6.07) is 13.1. The number of anilines is 1. The second kappa shape index (κ2) is 7.58. The normalized spacial score (nSPS) is 10.7. The third-order valence-corrected chi connectivity index (χ3v) is 5.08. The largest absolute Gasteiger partial charge is 0.491 e. The molecule has 0 saturated heterocycles. The Hall–Kier alpha value is -2.86. The van der Waals surface area contributed by atoms with Crippen LogP contribution in [-0.4, -0.2) is 18.4 Å². The van der Waals surface area contributed by atoms with E-state index < -0.39 is 5.91 Å². The van der Waals surface area contributed by atoms with Gasteiger partial charge in [-0.3, -0.25) is 9.59 Å². The standard InChI is InChI=1S/C20H20N2O3S/c1-3-10-25-18-14(19(21)23)9-8-12(2)17(18)22-20(24)16-11-13-6-4-5-7-15(13)26-16/h4-9,11H,3,10H2,1-2H3,(H2,21,23)(H,22,24). The molecule has 0 unspecified atom stereocenters. The van der Waals surface area contributed by atoms with E-state index in [4.69, 9.17) is 10.5 Å². The Balaban J connectivity index is 1.98. The topological polar surface area (TPSA) is 81.4 Å². The van der Waals surface area contributed by atoms with Gasteiger partial charge in [0.05, 0.1) is 22.7 Å². The molecular weight excluding hydrogens is 348 g/mol. The van der Waals surface area contributed by atoms with E-state index >= 15 is 0 Å². The predicted molar refractivity (Wildman–Crippen MR) is 105 cm³/mol. The van der Waals surface area contributed by atoms with Gasteiger partial charge in [-0.05, 0) is 42.5 Å². The van der Waals surface area contributed by atoms with Crippen LogP contribution in [0.25, 0.3) is 10.1 Å². The van der Waals surface area contributed by atoms with E-state index in [0.717, 1.165) is 22.1 Å². The van der Waals surface area contributed by atoms with Gasteiger partial charge in [0.25, 0.3) is 11.8 Å². The van der Waals surface area contributed by atoms with Crippen LogP contribution in [0.2, 0.25) is 0 Å². The Bertz CT molecular complexity index is 945. The number of carbonyl (C=O) groups is 2. The van der Waals surface area contributed by atoms with Crippen molar-refractivity contribution >= 4 is 38.9 Å². The fourth-order valence-electron chi connectivity index (χ4n) is 2.65. The second-order valence-electron chi connectivity index (χ2n) is 5.95. The highest BCUT2D eigenvalue weighted by Crippen LogP contribution is 2.34. The van der Waals surface area contributed by atoms with Crippen LogP contribution in [0.3, 0.4) is 0 Å². The van der Waals surface area contributed by atoms with Crippen LogP contribution in [0.1, 0.15) is 38.9 Å². The molecule has 0 aliphatic rings. The first-order valence-electron chi connectivity index (χ1n) is 8.37. The lowest BCUT2D eigenvalue weighted by molar-refractivity contribution is 0.0992. The summed E-state index contributed by atoms with van der Waals surface area (Å²) in [6.45, 7) is 4.24. The van der Waals surface area contributed by atoms with Crippen molar-refractivity contribution < 1.29 is 14.3 Å². The minimum absolute atomic E-state index is 0.239. The molecule has 0 spiro atoms. The number of aryl methyl sites for hydroxylation is 1. The maximum absolute atomic E-state index is 12.8. The average molecular weight is 368 g/mol. The zero-order valence-electron chi connectivity index (χ0n) is 14.7. The maximum Gasteiger partial charge on any atom is 0.265 e.